The molecule has 1 aromatic carbocycles. The molecule has 138 valence electrons. The van der Waals surface area contributed by atoms with Crippen LogP contribution in [0.4, 0.5) is 0 Å². The van der Waals surface area contributed by atoms with E-state index in [4.69, 9.17) is 0 Å². The normalized spacial score (nSPS) is 16.3. The fourth-order valence-corrected chi connectivity index (χ4v) is 3.23. The van der Waals surface area contributed by atoms with Crippen molar-refractivity contribution in [3.63, 3.8) is 0 Å². The van der Waals surface area contributed by atoms with E-state index in [0.29, 0.717) is 39.3 Å². The first kappa shape index (κ1) is 18.1. The molecule has 0 aliphatic carbocycles. The minimum absolute atomic E-state index is 0.0333. The Bertz CT molecular complexity index is 709. The highest BCUT2D eigenvalue weighted by Crippen LogP contribution is 2.21. The molecule has 2 heterocycles. The molecule has 1 atom stereocenters. The number of hydrogen-bond donors (Lipinski definition) is 1. The fraction of sp³-hybridized carbons (Fsp3) is 0.421. The van der Waals surface area contributed by atoms with Crippen LogP contribution in [0.3, 0.4) is 0 Å². The molecular weight excluding hydrogens is 330 g/mol. The predicted octanol–water partition coefficient (Wildman–Crippen LogP) is 0.753. The van der Waals surface area contributed by atoms with Crippen LogP contribution in [0.2, 0.25) is 0 Å². The Morgan fingerprint density at radius 2 is 1.85 bits per heavy atom. The molecule has 26 heavy (non-hydrogen) atoms. The quantitative estimate of drug-likeness (QED) is 0.830. The van der Waals surface area contributed by atoms with Crippen LogP contribution in [0.15, 0.2) is 48.8 Å². The second-order valence-corrected chi connectivity index (χ2v) is 6.35. The first-order chi connectivity index (χ1) is 12.7. The van der Waals surface area contributed by atoms with Gasteiger partial charge in [-0.3, -0.25) is 19.2 Å². The van der Waals surface area contributed by atoms with Gasteiger partial charge in [-0.2, -0.15) is 5.10 Å². The van der Waals surface area contributed by atoms with Crippen molar-refractivity contribution in [3.8, 4) is 0 Å². The zero-order chi connectivity index (χ0) is 18.4. The van der Waals surface area contributed by atoms with Gasteiger partial charge in [0.2, 0.25) is 5.91 Å². The van der Waals surface area contributed by atoms with Gasteiger partial charge in [-0.1, -0.05) is 30.3 Å². The van der Waals surface area contributed by atoms with Crippen molar-refractivity contribution >= 4 is 11.8 Å². The number of carbonyl (C=O) groups excluding carboxylic acids is 2. The van der Waals surface area contributed by atoms with Gasteiger partial charge in [0.25, 0.3) is 5.91 Å². The number of aromatic nitrogens is 2. The third-order valence-corrected chi connectivity index (χ3v) is 4.56. The van der Waals surface area contributed by atoms with Crippen molar-refractivity contribution in [2.45, 2.75) is 13.0 Å². The van der Waals surface area contributed by atoms with Crippen molar-refractivity contribution in [1.82, 2.24) is 24.9 Å². The molecule has 1 aromatic heterocycles. The maximum absolute atomic E-state index is 13.2. The molecule has 2 aromatic rings. The third kappa shape index (κ3) is 4.29. The van der Waals surface area contributed by atoms with Crippen molar-refractivity contribution < 1.29 is 9.59 Å². The van der Waals surface area contributed by atoms with Crippen LogP contribution in [0.25, 0.3) is 0 Å². The summed E-state index contributed by atoms with van der Waals surface area (Å²) in [6, 6.07) is 11.1. The fourth-order valence-electron chi connectivity index (χ4n) is 3.23. The number of hydrogen-bond acceptors (Lipinski definition) is 4. The summed E-state index contributed by atoms with van der Waals surface area (Å²) in [5.74, 6) is 0.0727. The number of benzene rings is 1. The summed E-state index contributed by atoms with van der Waals surface area (Å²) in [5, 5.41) is 7.10. The maximum atomic E-state index is 13.2. The average molecular weight is 355 g/mol. The van der Waals surface area contributed by atoms with Gasteiger partial charge in [0.15, 0.2) is 6.04 Å². The van der Waals surface area contributed by atoms with Gasteiger partial charge in [-0.15, -0.1) is 0 Å². The van der Waals surface area contributed by atoms with E-state index in [1.807, 2.05) is 54.4 Å². The Morgan fingerprint density at radius 1 is 1.12 bits per heavy atom. The van der Waals surface area contributed by atoms with Gasteiger partial charge in [0.05, 0.1) is 6.54 Å². The standard InChI is InChI=1S/C19H25N5O2/c1-2-20-17(25)15-22-11-13-23(14-12-22)19(26)18(24-10-6-9-21-24)16-7-4-3-5-8-16/h3-10,18H,2,11-15H2,1H3,(H,20,25)/t18-/m0/s1. The SMILES string of the molecule is CCNC(=O)CN1CCN(C(=O)[C@H](c2ccccc2)n2cccn2)CC1. The molecule has 1 aliphatic rings. The Kier molecular flexibility index (Phi) is 6.01. The summed E-state index contributed by atoms with van der Waals surface area (Å²) >= 11 is 0. The summed E-state index contributed by atoms with van der Waals surface area (Å²) in [4.78, 5) is 28.9. The molecule has 0 unspecified atom stereocenters. The van der Waals surface area contributed by atoms with Gasteiger partial charge in [0.1, 0.15) is 0 Å². The molecule has 0 spiro atoms. The van der Waals surface area contributed by atoms with Crippen LogP contribution in [0.1, 0.15) is 18.5 Å². The summed E-state index contributed by atoms with van der Waals surface area (Å²) in [7, 11) is 0. The molecule has 3 rings (SSSR count). The molecule has 1 N–H and O–H groups in total. The Morgan fingerprint density at radius 3 is 2.46 bits per heavy atom. The highest BCUT2D eigenvalue weighted by molar-refractivity contribution is 5.83. The molecule has 7 nitrogen and oxygen atoms in total. The van der Waals surface area contributed by atoms with Gasteiger partial charge >= 0.3 is 0 Å². The minimum atomic E-state index is -0.457. The summed E-state index contributed by atoms with van der Waals surface area (Å²) in [5.41, 5.74) is 0.922. The monoisotopic (exact) mass is 355 g/mol. The number of nitrogens with one attached hydrogen (secondary N) is 1. The van der Waals surface area contributed by atoms with Crippen LogP contribution in [0, 0.1) is 0 Å². The Balaban J connectivity index is 1.67. The van der Waals surface area contributed by atoms with Crippen LogP contribution >= 0.6 is 0 Å². The lowest BCUT2D eigenvalue weighted by molar-refractivity contribution is -0.135. The highest BCUT2D eigenvalue weighted by Gasteiger charge is 2.30. The van der Waals surface area contributed by atoms with Crippen LogP contribution < -0.4 is 5.32 Å². The molecule has 1 saturated heterocycles. The molecule has 2 amide bonds. The summed E-state index contributed by atoms with van der Waals surface area (Å²) in [6.45, 7) is 5.56. The van der Waals surface area contributed by atoms with E-state index in [2.05, 4.69) is 15.3 Å². The van der Waals surface area contributed by atoms with E-state index in [0.717, 1.165) is 5.56 Å². The van der Waals surface area contributed by atoms with Crippen LogP contribution in [-0.4, -0.2) is 70.7 Å². The molecule has 0 saturated carbocycles. The topological polar surface area (TPSA) is 70.5 Å². The Hall–Kier alpha value is -2.67. The first-order valence-electron chi connectivity index (χ1n) is 9.01. The largest absolute Gasteiger partial charge is 0.355 e. The van der Waals surface area contributed by atoms with Gasteiger partial charge in [-0.05, 0) is 18.6 Å². The number of amides is 2. The van der Waals surface area contributed by atoms with Crippen molar-refractivity contribution in [2.75, 3.05) is 39.3 Å². The summed E-state index contributed by atoms with van der Waals surface area (Å²) in [6.07, 6.45) is 3.51. The lowest BCUT2D eigenvalue weighted by Crippen LogP contribution is -2.52. The number of carbonyl (C=O) groups is 2. The minimum Gasteiger partial charge on any atom is -0.355 e. The predicted molar refractivity (Wildman–Crippen MR) is 98.5 cm³/mol. The second kappa shape index (κ2) is 8.62. The molecule has 0 radical (unpaired) electrons. The summed E-state index contributed by atoms with van der Waals surface area (Å²) < 4.78 is 1.71. The smallest absolute Gasteiger partial charge is 0.252 e. The molecule has 0 bridgehead atoms. The number of piperazine rings is 1. The number of nitrogens with zero attached hydrogens (tertiary/aromatic N) is 4. The number of likely N-dealkylation sites (N-methyl/N-ethyl adjacent to an activating group) is 1. The lowest BCUT2D eigenvalue weighted by atomic mass is 10.1. The number of rotatable bonds is 6. The van der Waals surface area contributed by atoms with Crippen molar-refractivity contribution in [2.24, 2.45) is 0 Å². The second-order valence-electron chi connectivity index (χ2n) is 6.35. The maximum Gasteiger partial charge on any atom is 0.252 e. The van der Waals surface area contributed by atoms with Gasteiger partial charge < -0.3 is 10.2 Å². The Labute approximate surface area is 153 Å². The molecule has 1 fully saturated rings. The van der Waals surface area contributed by atoms with E-state index in [1.54, 1.807) is 10.9 Å². The third-order valence-electron chi connectivity index (χ3n) is 4.56. The zero-order valence-electron chi connectivity index (χ0n) is 15.0. The van der Waals surface area contributed by atoms with Gasteiger partial charge in [-0.25, -0.2) is 0 Å². The van der Waals surface area contributed by atoms with E-state index < -0.39 is 6.04 Å². The molecular formula is C19H25N5O2. The van der Waals surface area contributed by atoms with E-state index >= 15 is 0 Å². The van der Waals surface area contributed by atoms with Gasteiger partial charge in [0, 0.05) is 45.1 Å². The van der Waals surface area contributed by atoms with Crippen molar-refractivity contribution in [1.29, 1.82) is 0 Å². The molecule has 7 heteroatoms. The van der Waals surface area contributed by atoms with Crippen LogP contribution in [0.5, 0.6) is 0 Å². The lowest BCUT2D eigenvalue weighted by Gasteiger charge is -2.36. The van der Waals surface area contributed by atoms with Crippen LogP contribution in [-0.2, 0) is 9.59 Å². The van der Waals surface area contributed by atoms with E-state index in [1.165, 1.54) is 0 Å². The van der Waals surface area contributed by atoms with Crippen molar-refractivity contribution in [3.05, 3.63) is 54.4 Å². The zero-order valence-corrected chi connectivity index (χ0v) is 15.0. The molecule has 1 aliphatic heterocycles. The first-order valence-corrected chi connectivity index (χ1v) is 9.01. The van der Waals surface area contributed by atoms with E-state index in [9.17, 15) is 9.59 Å². The highest BCUT2D eigenvalue weighted by atomic mass is 16.2. The average Bonchev–Trinajstić information content (AvgIpc) is 3.18. The van der Waals surface area contributed by atoms with E-state index in [-0.39, 0.29) is 11.8 Å².